The molecule has 0 aliphatic carbocycles. The molecule has 1 heterocycles. The Hall–Kier alpha value is -2.94. The number of anilines is 1. The van der Waals surface area contributed by atoms with Crippen molar-refractivity contribution in [2.75, 3.05) is 5.32 Å². The average molecular weight is 288 g/mol. The normalized spacial score (nSPS) is 10.2. The van der Waals surface area contributed by atoms with E-state index in [9.17, 15) is 4.79 Å². The Bertz CT molecular complexity index is 783. The molecule has 0 bridgehead atoms. The molecule has 0 aliphatic rings. The number of pyridine rings is 1. The van der Waals surface area contributed by atoms with Gasteiger partial charge in [-0.15, -0.1) is 0 Å². The number of nitrogens with zero attached hydrogens (tertiary/aromatic N) is 1. The summed E-state index contributed by atoms with van der Waals surface area (Å²) in [7, 11) is 0. The summed E-state index contributed by atoms with van der Waals surface area (Å²) in [5, 5.41) is 2.87. The van der Waals surface area contributed by atoms with Crippen LogP contribution in [0.25, 0.3) is 22.4 Å². The van der Waals surface area contributed by atoms with Crippen molar-refractivity contribution in [1.29, 1.82) is 0 Å². The summed E-state index contributed by atoms with van der Waals surface area (Å²) in [6, 6.07) is 21.9. The van der Waals surface area contributed by atoms with Gasteiger partial charge in [0.15, 0.2) is 0 Å². The molecule has 0 saturated carbocycles. The smallest absolute Gasteiger partial charge is 0.221 e. The summed E-state index contributed by atoms with van der Waals surface area (Å²) in [6.45, 7) is 1.51. The average Bonchev–Trinajstić information content (AvgIpc) is 2.56. The van der Waals surface area contributed by atoms with E-state index in [4.69, 9.17) is 0 Å². The molecule has 0 fully saturated rings. The summed E-state index contributed by atoms with van der Waals surface area (Å²) in [6.07, 6.45) is 1.75. The lowest BCUT2D eigenvalue weighted by Crippen LogP contribution is -2.07. The molecule has 1 amide bonds. The molecular formula is C19H16N2O. The highest BCUT2D eigenvalue weighted by atomic mass is 16.1. The van der Waals surface area contributed by atoms with Crippen LogP contribution in [0.2, 0.25) is 0 Å². The molecule has 0 atom stereocenters. The van der Waals surface area contributed by atoms with Gasteiger partial charge in [-0.3, -0.25) is 9.78 Å². The van der Waals surface area contributed by atoms with E-state index in [0.29, 0.717) is 0 Å². The minimum Gasteiger partial charge on any atom is -0.326 e. The first-order chi connectivity index (χ1) is 10.7. The molecule has 108 valence electrons. The van der Waals surface area contributed by atoms with Crippen molar-refractivity contribution >= 4 is 11.6 Å². The molecule has 0 radical (unpaired) electrons. The summed E-state index contributed by atoms with van der Waals surface area (Å²) in [4.78, 5) is 15.8. The Morgan fingerprint density at radius 2 is 1.68 bits per heavy atom. The number of rotatable bonds is 3. The Kier molecular flexibility index (Phi) is 3.97. The molecule has 3 aromatic rings. The number of amides is 1. The third kappa shape index (κ3) is 3.04. The van der Waals surface area contributed by atoms with Gasteiger partial charge < -0.3 is 5.32 Å². The number of carbonyl (C=O) groups excluding carboxylic acids is 1. The first kappa shape index (κ1) is 14.0. The topological polar surface area (TPSA) is 42.0 Å². The lowest BCUT2D eigenvalue weighted by molar-refractivity contribution is -0.114. The predicted molar refractivity (Wildman–Crippen MR) is 89.4 cm³/mol. The first-order valence-corrected chi connectivity index (χ1v) is 7.12. The van der Waals surface area contributed by atoms with E-state index in [-0.39, 0.29) is 5.91 Å². The van der Waals surface area contributed by atoms with E-state index in [2.05, 4.69) is 28.5 Å². The fourth-order valence-electron chi connectivity index (χ4n) is 2.39. The number of hydrogen-bond donors (Lipinski definition) is 1. The van der Waals surface area contributed by atoms with Crippen LogP contribution in [0, 0.1) is 0 Å². The van der Waals surface area contributed by atoms with Crippen molar-refractivity contribution in [1.82, 2.24) is 4.98 Å². The van der Waals surface area contributed by atoms with Crippen molar-refractivity contribution in [2.24, 2.45) is 0 Å². The summed E-state index contributed by atoms with van der Waals surface area (Å²) in [5.41, 5.74) is 4.75. The molecule has 0 saturated heterocycles. The molecule has 2 aromatic carbocycles. The van der Waals surface area contributed by atoms with Gasteiger partial charge in [0.1, 0.15) is 0 Å². The van der Waals surface area contributed by atoms with Crippen LogP contribution in [0.15, 0.2) is 72.9 Å². The second-order valence-corrected chi connectivity index (χ2v) is 5.02. The fourth-order valence-corrected chi connectivity index (χ4v) is 2.39. The van der Waals surface area contributed by atoms with E-state index in [1.807, 2.05) is 48.5 Å². The SMILES string of the molecule is CC(=O)Nc1ccc(-c2ccccc2)cc1-c1ccccn1. The monoisotopic (exact) mass is 288 g/mol. The van der Waals surface area contributed by atoms with E-state index in [1.165, 1.54) is 6.92 Å². The Morgan fingerprint density at radius 1 is 0.909 bits per heavy atom. The van der Waals surface area contributed by atoms with Crippen LogP contribution >= 0.6 is 0 Å². The first-order valence-electron chi connectivity index (χ1n) is 7.12. The van der Waals surface area contributed by atoms with Crippen molar-refractivity contribution in [2.45, 2.75) is 6.92 Å². The minimum atomic E-state index is -0.0929. The highest BCUT2D eigenvalue weighted by Crippen LogP contribution is 2.31. The van der Waals surface area contributed by atoms with Crippen LogP contribution in [0.1, 0.15) is 6.92 Å². The molecular weight excluding hydrogens is 272 g/mol. The number of benzene rings is 2. The number of hydrogen-bond acceptors (Lipinski definition) is 2. The maximum Gasteiger partial charge on any atom is 0.221 e. The Morgan fingerprint density at radius 3 is 2.36 bits per heavy atom. The lowest BCUT2D eigenvalue weighted by atomic mass is 10.00. The molecule has 0 aliphatic heterocycles. The van der Waals surface area contributed by atoms with E-state index < -0.39 is 0 Å². The van der Waals surface area contributed by atoms with Crippen LogP contribution in [-0.2, 0) is 4.79 Å². The zero-order valence-corrected chi connectivity index (χ0v) is 12.3. The molecule has 1 N–H and O–H groups in total. The lowest BCUT2D eigenvalue weighted by Gasteiger charge is -2.12. The molecule has 1 aromatic heterocycles. The maximum atomic E-state index is 11.4. The van der Waals surface area contributed by atoms with Crippen LogP contribution in [-0.4, -0.2) is 10.9 Å². The summed E-state index contributed by atoms with van der Waals surface area (Å²) < 4.78 is 0. The zero-order chi connectivity index (χ0) is 15.4. The molecule has 0 spiro atoms. The zero-order valence-electron chi connectivity index (χ0n) is 12.3. The van der Waals surface area contributed by atoms with Gasteiger partial charge in [0, 0.05) is 18.7 Å². The minimum absolute atomic E-state index is 0.0929. The van der Waals surface area contributed by atoms with Gasteiger partial charge in [0.05, 0.1) is 11.4 Å². The predicted octanol–water partition coefficient (Wildman–Crippen LogP) is 4.37. The highest BCUT2D eigenvalue weighted by Gasteiger charge is 2.09. The van der Waals surface area contributed by atoms with E-state index >= 15 is 0 Å². The quantitative estimate of drug-likeness (QED) is 0.777. The number of nitrogens with one attached hydrogen (secondary N) is 1. The summed E-state index contributed by atoms with van der Waals surface area (Å²) in [5.74, 6) is -0.0929. The Balaban J connectivity index is 2.12. The molecule has 3 heteroatoms. The Labute approximate surface area is 129 Å². The van der Waals surface area contributed by atoms with E-state index in [0.717, 1.165) is 28.1 Å². The van der Waals surface area contributed by atoms with Crippen molar-refractivity contribution in [3.05, 3.63) is 72.9 Å². The maximum absolute atomic E-state index is 11.4. The fraction of sp³-hybridized carbons (Fsp3) is 0.0526. The molecule has 3 rings (SSSR count). The molecule has 22 heavy (non-hydrogen) atoms. The van der Waals surface area contributed by atoms with Gasteiger partial charge in [0.25, 0.3) is 0 Å². The second-order valence-electron chi connectivity index (χ2n) is 5.02. The third-order valence-electron chi connectivity index (χ3n) is 3.38. The molecule has 0 unspecified atom stereocenters. The van der Waals surface area contributed by atoms with Gasteiger partial charge in [-0.05, 0) is 35.4 Å². The second kappa shape index (κ2) is 6.22. The van der Waals surface area contributed by atoms with Crippen LogP contribution in [0.4, 0.5) is 5.69 Å². The van der Waals surface area contributed by atoms with Crippen molar-refractivity contribution in [3.8, 4) is 22.4 Å². The number of aromatic nitrogens is 1. The third-order valence-corrected chi connectivity index (χ3v) is 3.38. The van der Waals surface area contributed by atoms with Crippen molar-refractivity contribution < 1.29 is 4.79 Å². The molecule has 3 nitrogen and oxygen atoms in total. The van der Waals surface area contributed by atoms with Crippen LogP contribution < -0.4 is 5.32 Å². The van der Waals surface area contributed by atoms with Crippen molar-refractivity contribution in [3.63, 3.8) is 0 Å². The standard InChI is InChI=1S/C19H16N2O/c1-14(22)21-19-11-10-16(15-7-3-2-4-8-15)13-17(19)18-9-5-6-12-20-18/h2-13H,1H3,(H,21,22). The highest BCUT2D eigenvalue weighted by molar-refractivity contribution is 5.94. The van der Waals surface area contributed by atoms with Gasteiger partial charge in [0.2, 0.25) is 5.91 Å². The van der Waals surface area contributed by atoms with Gasteiger partial charge >= 0.3 is 0 Å². The van der Waals surface area contributed by atoms with Gasteiger partial charge in [-0.2, -0.15) is 0 Å². The summed E-state index contributed by atoms with van der Waals surface area (Å²) >= 11 is 0. The van der Waals surface area contributed by atoms with Gasteiger partial charge in [-0.25, -0.2) is 0 Å². The van der Waals surface area contributed by atoms with Gasteiger partial charge in [-0.1, -0.05) is 42.5 Å². The van der Waals surface area contributed by atoms with Crippen LogP contribution in [0.5, 0.6) is 0 Å². The largest absolute Gasteiger partial charge is 0.326 e. The van der Waals surface area contributed by atoms with E-state index in [1.54, 1.807) is 6.20 Å². The van der Waals surface area contributed by atoms with Crippen LogP contribution in [0.3, 0.4) is 0 Å². The number of carbonyl (C=O) groups is 1.